The number of halogens is 1. The Kier molecular flexibility index (Phi) is 5.48. The highest BCUT2D eigenvalue weighted by Gasteiger charge is 2.41. The topological polar surface area (TPSA) is 9.86 Å². The van der Waals surface area contributed by atoms with Crippen LogP contribution in [0.5, 0.6) is 0 Å². The molecule has 0 bridgehead atoms. The van der Waals surface area contributed by atoms with E-state index in [1.165, 1.54) is 77.2 Å². The van der Waals surface area contributed by atoms with Crippen molar-refractivity contribution in [1.29, 1.82) is 0 Å². The molecule has 218 valence electrons. The monoisotopic (exact) mass is 644 g/mol. The van der Waals surface area contributed by atoms with Crippen molar-refractivity contribution in [3.63, 3.8) is 0 Å². The van der Waals surface area contributed by atoms with Crippen LogP contribution in [-0.2, 0) is 10.8 Å². The number of fused-ring (bicyclic) bond motifs is 9. The molecule has 1 aliphatic carbocycles. The van der Waals surface area contributed by atoms with E-state index in [2.05, 4.69) is 180 Å². The Balaban J connectivity index is 1.37. The SMILES string of the molecule is CC1(C)c2ccc(Br)cc2C(C)(C)c2cc(-n3c4ccccc4c4c5c6ccccc6n(-c6ccccc6)c5ccc43)ccc21. The average Bonchev–Trinajstić information content (AvgIpc) is 3.57. The molecule has 0 atom stereocenters. The number of rotatable bonds is 2. The molecule has 0 saturated carbocycles. The maximum Gasteiger partial charge on any atom is 0.0548 e. The zero-order valence-electron chi connectivity index (χ0n) is 25.9. The highest BCUT2D eigenvalue weighted by molar-refractivity contribution is 9.10. The zero-order valence-corrected chi connectivity index (χ0v) is 27.5. The van der Waals surface area contributed by atoms with Gasteiger partial charge < -0.3 is 9.13 Å². The van der Waals surface area contributed by atoms with Gasteiger partial charge >= 0.3 is 0 Å². The Hall–Kier alpha value is -4.60. The summed E-state index contributed by atoms with van der Waals surface area (Å²) in [6.45, 7) is 9.49. The van der Waals surface area contributed by atoms with Crippen LogP contribution in [0, 0.1) is 0 Å². The summed E-state index contributed by atoms with van der Waals surface area (Å²) in [5.41, 5.74) is 12.7. The highest BCUT2D eigenvalue weighted by Crippen LogP contribution is 2.51. The van der Waals surface area contributed by atoms with E-state index < -0.39 is 0 Å². The summed E-state index contributed by atoms with van der Waals surface area (Å²) in [6.07, 6.45) is 0. The van der Waals surface area contributed by atoms with Crippen LogP contribution in [0.2, 0.25) is 0 Å². The van der Waals surface area contributed by atoms with E-state index in [1.807, 2.05) is 0 Å². The first-order valence-electron chi connectivity index (χ1n) is 15.7. The van der Waals surface area contributed by atoms with E-state index in [0.717, 1.165) is 4.47 Å². The van der Waals surface area contributed by atoms with E-state index in [-0.39, 0.29) is 10.8 Å². The lowest BCUT2D eigenvalue weighted by Crippen LogP contribution is -2.36. The molecule has 6 aromatic carbocycles. The molecule has 2 nitrogen and oxygen atoms in total. The molecule has 1 aliphatic rings. The van der Waals surface area contributed by atoms with E-state index in [1.54, 1.807) is 0 Å². The van der Waals surface area contributed by atoms with Gasteiger partial charge in [-0.25, -0.2) is 0 Å². The van der Waals surface area contributed by atoms with E-state index in [0.29, 0.717) is 0 Å². The normalized spacial score (nSPS) is 15.1. The number of aromatic nitrogens is 2. The van der Waals surface area contributed by atoms with Crippen LogP contribution in [-0.4, -0.2) is 9.13 Å². The Morgan fingerprint density at radius 1 is 0.422 bits per heavy atom. The van der Waals surface area contributed by atoms with Crippen molar-refractivity contribution in [3.8, 4) is 11.4 Å². The predicted octanol–water partition coefficient (Wildman–Crippen LogP) is 11.6. The molecule has 0 fully saturated rings. The predicted molar refractivity (Wildman–Crippen MR) is 194 cm³/mol. The summed E-state index contributed by atoms with van der Waals surface area (Å²) >= 11 is 3.77. The summed E-state index contributed by atoms with van der Waals surface area (Å²) in [5, 5.41) is 5.17. The highest BCUT2D eigenvalue weighted by atomic mass is 79.9. The Morgan fingerprint density at radius 2 is 0.911 bits per heavy atom. The van der Waals surface area contributed by atoms with Gasteiger partial charge in [-0.2, -0.15) is 0 Å². The van der Waals surface area contributed by atoms with Gasteiger partial charge in [0.15, 0.2) is 0 Å². The van der Waals surface area contributed by atoms with Gasteiger partial charge in [-0.15, -0.1) is 0 Å². The second-order valence-corrected chi connectivity index (χ2v) is 14.5. The largest absolute Gasteiger partial charge is 0.309 e. The smallest absolute Gasteiger partial charge is 0.0548 e. The minimum atomic E-state index is -0.144. The van der Waals surface area contributed by atoms with E-state index in [4.69, 9.17) is 0 Å². The van der Waals surface area contributed by atoms with E-state index >= 15 is 0 Å². The molecule has 45 heavy (non-hydrogen) atoms. The molecule has 0 spiro atoms. The summed E-state index contributed by atoms with van der Waals surface area (Å²) in [6, 6.07) is 47.1. The van der Waals surface area contributed by atoms with E-state index in [9.17, 15) is 0 Å². The van der Waals surface area contributed by atoms with Gasteiger partial charge in [-0.1, -0.05) is 110 Å². The minimum Gasteiger partial charge on any atom is -0.309 e. The van der Waals surface area contributed by atoms with Gasteiger partial charge in [-0.3, -0.25) is 0 Å². The fourth-order valence-electron chi connectivity index (χ4n) is 8.25. The van der Waals surface area contributed by atoms with Crippen LogP contribution in [0.1, 0.15) is 49.9 Å². The number of nitrogens with zero attached hydrogens (tertiary/aromatic N) is 2. The van der Waals surface area contributed by atoms with Crippen LogP contribution < -0.4 is 0 Å². The Labute approximate surface area is 271 Å². The summed E-state index contributed by atoms with van der Waals surface area (Å²) in [4.78, 5) is 0. The molecule has 0 radical (unpaired) electrons. The Morgan fingerprint density at radius 3 is 1.53 bits per heavy atom. The average molecular weight is 646 g/mol. The minimum absolute atomic E-state index is 0.0916. The molecule has 0 saturated heterocycles. The van der Waals surface area contributed by atoms with Crippen molar-refractivity contribution >= 4 is 59.5 Å². The lowest BCUT2D eigenvalue weighted by atomic mass is 9.60. The summed E-state index contributed by atoms with van der Waals surface area (Å²) in [5.74, 6) is 0. The van der Waals surface area contributed by atoms with Gasteiger partial charge in [0, 0.05) is 48.2 Å². The Bertz CT molecular complexity index is 2490. The lowest BCUT2D eigenvalue weighted by Gasteiger charge is -2.44. The lowest BCUT2D eigenvalue weighted by molar-refractivity contribution is 0.520. The maximum atomic E-state index is 3.77. The second-order valence-electron chi connectivity index (χ2n) is 13.6. The number of hydrogen-bond acceptors (Lipinski definition) is 0. The molecule has 0 N–H and O–H groups in total. The first-order valence-corrected chi connectivity index (χ1v) is 16.5. The van der Waals surface area contributed by atoms with Crippen molar-refractivity contribution in [2.24, 2.45) is 0 Å². The van der Waals surface area contributed by atoms with Crippen LogP contribution in [0.3, 0.4) is 0 Å². The molecule has 2 heterocycles. The first kappa shape index (κ1) is 26.8. The third-order valence-corrected chi connectivity index (χ3v) is 10.9. The number of para-hydroxylation sites is 3. The van der Waals surface area contributed by atoms with Crippen molar-refractivity contribution in [1.82, 2.24) is 9.13 Å². The molecule has 9 rings (SSSR count). The standard InChI is InChI=1S/C42H33BrN2/c1-41(2)31-20-18-26(43)24-33(31)42(3,4)34-25-28(19-21-32(34)41)45-36-17-11-9-15-30(36)40-38(45)23-22-37-39(40)29-14-8-10-16-35(29)44(37)27-12-6-5-7-13-27/h5-25H,1-4H3. The van der Waals surface area contributed by atoms with Gasteiger partial charge in [0.25, 0.3) is 0 Å². The van der Waals surface area contributed by atoms with Crippen LogP contribution in [0.4, 0.5) is 0 Å². The van der Waals surface area contributed by atoms with Gasteiger partial charge in [-0.05, 0) is 82.9 Å². The molecule has 0 unspecified atom stereocenters. The quantitative estimate of drug-likeness (QED) is 0.177. The van der Waals surface area contributed by atoms with Gasteiger partial charge in [0.05, 0.1) is 22.1 Å². The molecule has 0 aliphatic heterocycles. The molecule has 3 heteroatoms. The third kappa shape index (κ3) is 3.56. The van der Waals surface area contributed by atoms with Crippen molar-refractivity contribution in [2.45, 2.75) is 38.5 Å². The molecule has 0 amide bonds. The third-order valence-electron chi connectivity index (χ3n) is 10.4. The summed E-state index contributed by atoms with van der Waals surface area (Å²) in [7, 11) is 0. The molecular formula is C42H33BrN2. The second kappa shape index (κ2) is 9.22. The van der Waals surface area contributed by atoms with Crippen LogP contribution in [0.15, 0.2) is 132 Å². The first-order chi connectivity index (χ1) is 21.8. The van der Waals surface area contributed by atoms with Crippen molar-refractivity contribution in [3.05, 3.63) is 154 Å². The summed E-state index contributed by atoms with van der Waals surface area (Å²) < 4.78 is 6.03. The molecular weight excluding hydrogens is 612 g/mol. The van der Waals surface area contributed by atoms with Gasteiger partial charge in [0.2, 0.25) is 0 Å². The van der Waals surface area contributed by atoms with Crippen molar-refractivity contribution < 1.29 is 0 Å². The number of benzene rings is 6. The number of hydrogen-bond donors (Lipinski definition) is 0. The van der Waals surface area contributed by atoms with Gasteiger partial charge in [0.1, 0.15) is 0 Å². The fraction of sp³-hybridized carbons (Fsp3) is 0.143. The van der Waals surface area contributed by atoms with Crippen LogP contribution >= 0.6 is 15.9 Å². The fourth-order valence-corrected chi connectivity index (χ4v) is 8.61. The maximum absolute atomic E-state index is 3.77. The zero-order chi connectivity index (χ0) is 30.7. The molecule has 8 aromatic rings. The van der Waals surface area contributed by atoms with Crippen molar-refractivity contribution in [2.75, 3.05) is 0 Å². The van der Waals surface area contributed by atoms with Crippen LogP contribution in [0.25, 0.3) is 55.0 Å². The molecule has 2 aromatic heterocycles.